The van der Waals surface area contributed by atoms with Crippen molar-refractivity contribution in [3.8, 4) is 0 Å². The van der Waals surface area contributed by atoms with Gasteiger partial charge in [-0.1, -0.05) is 48.7 Å². The summed E-state index contributed by atoms with van der Waals surface area (Å²) in [5, 5.41) is 3.92. The quantitative estimate of drug-likeness (QED) is 0.867. The van der Waals surface area contributed by atoms with Gasteiger partial charge in [-0.25, -0.2) is 0 Å². The SMILES string of the molecule is C[C@@H]1C[C@@H](C)CN(CC(=O)Nc2c(Cl)cc(Cl)cc2Cl)C1. The Morgan fingerprint density at radius 3 is 2.24 bits per heavy atom. The van der Waals surface area contributed by atoms with E-state index in [0.717, 1.165) is 13.1 Å². The molecule has 1 aliphatic rings. The van der Waals surface area contributed by atoms with Crippen molar-refractivity contribution in [2.45, 2.75) is 20.3 Å². The number of halogens is 3. The number of anilines is 1. The van der Waals surface area contributed by atoms with E-state index in [1.807, 2.05) is 0 Å². The van der Waals surface area contributed by atoms with E-state index in [1.165, 1.54) is 6.42 Å². The number of hydrogen-bond acceptors (Lipinski definition) is 2. The van der Waals surface area contributed by atoms with E-state index < -0.39 is 0 Å². The van der Waals surface area contributed by atoms with Crippen LogP contribution in [0, 0.1) is 11.8 Å². The van der Waals surface area contributed by atoms with Crippen LogP contribution in [0.15, 0.2) is 12.1 Å². The zero-order valence-corrected chi connectivity index (χ0v) is 14.4. The maximum Gasteiger partial charge on any atom is 0.238 e. The maximum absolute atomic E-state index is 12.2. The fourth-order valence-electron chi connectivity index (χ4n) is 2.96. The zero-order chi connectivity index (χ0) is 15.6. The van der Waals surface area contributed by atoms with Crippen LogP contribution >= 0.6 is 34.8 Å². The van der Waals surface area contributed by atoms with E-state index in [2.05, 4.69) is 24.1 Å². The van der Waals surface area contributed by atoms with Crippen molar-refractivity contribution in [2.75, 3.05) is 25.0 Å². The van der Waals surface area contributed by atoms with Gasteiger partial charge in [-0.05, 0) is 30.4 Å². The van der Waals surface area contributed by atoms with E-state index in [1.54, 1.807) is 12.1 Å². The molecule has 0 spiro atoms. The molecule has 1 aromatic rings. The van der Waals surface area contributed by atoms with Crippen LogP contribution in [0.3, 0.4) is 0 Å². The van der Waals surface area contributed by atoms with Crippen LogP contribution in [0.1, 0.15) is 20.3 Å². The molecule has 2 atom stereocenters. The third-order valence-corrected chi connectivity index (χ3v) is 4.40. The van der Waals surface area contributed by atoms with Gasteiger partial charge in [-0.2, -0.15) is 0 Å². The third kappa shape index (κ3) is 4.75. The molecule has 116 valence electrons. The van der Waals surface area contributed by atoms with E-state index >= 15 is 0 Å². The van der Waals surface area contributed by atoms with Crippen LogP contribution in [-0.4, -0.2) is 30.4 Å². The van der Waals surface area contributed by atoms with Crippen LogP contribution in [-0.2, 0) is 4.79 Å². The molecule has 1 N–H and O–H groups in total. The summed E-state index contributed by atoms with van der Waals surface area (Å²) in [7, 11) is 0. The molecule has 6 heteroatoms. The Labute approximate surface area is 140 Å². The Morgan fingerprint density at radius 2 is 1.71 bits per heavy atom. The summed E-state index contributed by atoms with van der Waals surface area (Å²) in [5.74, 6) is 1.12. The normalized spacial score (nSPS) is 23.1. The van der Waals surface area contributed by atoms with Crippen molar-refractivity contribution in [1.29, 1.82) is 0 Å². The molecule has 1 aromatic carbocycles. The highest BCUT2D eigenvalue weighted by Gasteiger charge is 2.23. The Kier molecular flexibility index (Phi) is 5.78. The summed E-state index contributed by atoms with van der Waals surface area (Å²) >= 11 is 18.0. The first-order valence-electron chi connectivity index (χ1n) is 7.02. The molecule has 0 aromatic heterocycles. The number of carbonyl (C=O) groups is 1. The number of nitrogens with zero attached hydrogens (tertiary/aromatic N) is 1. The molecule has 2 rings (SSSR count). The molecular formula is C15H19Cl3N2O. The highest BCUT2D eigenvalue weighted by atomic mass is 35.5. The first-order valence-corrected chi connectivity index (χ1v) is 8.15. The van der Waals surface area contributed by atoms with E-state index in [4.69, 9.17) is 34.8 Å². The zero-order valence-electron chi connectivity index (χ0n) is 12.1. The monoisotopic (exact) mass is 348 g/mol. The minimum Gasteiger partial charge on any atom is -0.322 e. The van der Waals surface area contributed by atoms with Gasteiger partial charge in [0.2, 0.25) is 5.91 Å². The second kappa shape index (κ2) is 7.19. The molecule has 1 amide bonds. The molecule has 1 aliphatic heterocycles. The Balaban J connectivity index is 1.99. The highest BCUT2D eigenvalue weighted by Crippen LogP contribution is 2.33. The Bertz CT molecular complexity index is 503. The summed E-state index contributed by atoms with van der Waals surface area (Å²) < 4.78 is 0. The van der Waals surface area contributed by atoms with E-state index in [-0.39, 0.29) is 5.91 Å². The predicted octanol–water partition coefficient (Wildman–Crippen LogP) is 4.56. The lowest BCUT2D eigenvalue weighted by Crippen LogP contribution is -2.42. The molecule has 1 saturated heterocycles. The lowest BCUT2D eigenvalue weighted by atomic mass is 9.92. The summed E-state index contributed by atoms with van der Waals surface area (Å²) in [6.45, 7) is 6.67. The number of likely N-dealkylation sites (tertiary alicyclic amines) is 1. The molecule has 3 nitrogen and oxygen atoms in total. The van der Waals surface area contributed by atoms with Gasteiger partial charge in [0.05, 0.1) is 22.3 Å². The molecule has 0 bridgehead atoms. The van der Waals surface area contributed by atoms with Crippen LogP contribution in [0.2, 0.25) is 15.1 Å². The standard InChI is InChI=1S/C15H19Cl3N2O/c1-9-3-10(2)7-20(6-9)8-14(21)19-15-12(17)4-11(16)5-13(15)18/h4-5,9-10H,3,6-8H2,1-2H3,(H,19,21)/t9-,10-/m1/s1. The molecule has 0 radical (unpaired) electrons. The highest BCUT2D eigenvalue weighted by molar-refractivity contribution is 6.42. The van der Waals surface area contributed by atoms with Gasteiger partial charge < -0.3 is 5.32 Å². The topological polar surface area (TPSA) is 32.3 Å². The Morgan fingerprint density at radius 1 is 1.19 bits per heavy atom. The molecule has 0 saturated carbocycles. The molecule has 1 heterocycles. The fourth-order valence-corrected chi connectivity index (χ4v) is 3.88. The minimum absolute atomic E-state index is 0.109. The van der Waals surface area contributed by atoms with Gasteiger partial charge >= 0.3 is 0 Å². The van der Waals surface area contributed by atoms with Crippen molar-refractivity contribution in [3.05, 3.63) is 27.2 Å². The summed E-state index contributed by atoms with van der Waals surface area (Å²) in [4.78, 5) is 14.4. The third-order valence-electron chi connectivity index (χ3n) is 3.58. The average molecular weight is 350 g/mol. The maximum atomic E-state index is 12.2. The second-order valence-corrected chi connectivity index (χ2v) is 7.18. The average Bonchev–Trinajstić information content (AvgIpc) is 2.32. The van der Waals surface area contributed by atoms with Gasteiger partial charge in [0.15, 0.2) is 0 Å². The second-order valence-electron chi connectivity index (χ2n) is 5.93. The van der Waals surface area contributed by atoms with E-state index in [9.17, 15) is 4.79 Å². The van der Waals surface area contributed by atoms with Crippen molar-refractivity contribution in [1.82, 2.24) is 4.90 Å². The number of hydrogen-bond donors (Lipinski definition) is 1. The Hall–Kier alpha value is -0.480. The predicted molar refractivity (Wildman–Crippen MR) is 89.5 cm³/mol. The first kappa shape index (κ1) is 16.9. The van der Waals surface area contributed by atoms with Crippen LogP contribution in [0.25, 0.3) is 0 Å². The molecular weight excluding hydrogens is 331 g/mol. The van der Waals surface area contributed by atoms with E-state index in [0.29, 0.717) is 39.1 Å². The van der Waals surface area contributed by atoms with Gasteiger partial charge in [-0.3, -0.25) is 9.69 Å². The lowest BCUT2D eigenvalue weighted by molar-refractivity contribution is -0.117. The first-order chi connectivity index (χ1) is 9.85. The number of rotatable bonds is 3. The van der Waals surface area contributed by atoms with Crippen molar-refractivity contribution < 1.29 is 4.79 Å². The van der Waals surface area contributed by atoms with Gasteiger partial charge in [0, 0.05) is 18.1 Å². The summed E-state index contributed by atoms with van der Waals surface area (Å²) in [6.07, 6.45) is 1.22. The largest absolute Gasteiger partial charge is 0.322 e. The molecule has 21 heavy (non-hydrogen) atoms. The van der Waals surface area contributed by atoms with Gasteiger partial charge in [0.25, 0.3) is 0 Å². The van der Waals surface area contributed by atoms with Crippen LogP contribution in [0.5, 0.6) is 0 Å². The lowest BCUT2D eigenvalue weighted by Gasteiger charge is -2.34. The smallest absolute Gasteiger partial charge is 0.238 e. The number of piperidine rings is 1. The number of carbonyl (C=O) groups excluding carboxylic acids is 1. The van der Waals surface area contributed by atoms with Crippen LogP contribution < -0.4 is 5.32 Å². The molecule has 1 fully saturated rings. The number of benzene rings is 1. The number of amides is 1. The van der Waals surface area contributed by atoms with Crippen molar-refractivity contribution >= 4 is 46.4 Å². The van der Waals surface area contributed by atoms with Crippen molar-refractivity contribution in [3.63, 3.8) is 0 Å². The molecule has 0 unspecified atom stereocenters. The van der Waals surface area contributed by atoms with Gasteiger partial charge in [0.1, 0.15) is 0 Å². The summed E-state index contributed by atoms with van der Waals surface area (Å²) in [6, 6.07) is 3.13. The fraction of sp³-hybridized carbons (Fsp3) is 0.533. The molecule has 0 aliphatic carbocycles. The minimum atomic E-state index is -0.109. The number of nitrogens with one attached hydrogen (secondary N) is 1. The van der Waals surface area contributed by atoms with Gasteiger partial charge in [-0.15, -0.1) is 0 Å². The summed E-state index contributed by atoms with van der Waals surface area (Å²) in [5.41, 5.74) is 0.422. The van der Waals surface area contributed by atoms with Crippen LogP contribution in [0.4, 0.5) is 5.69 Å². The van der Waals surface area contributed by atoms with Crippen molar-refractivity contribution in [2.24, 2.45) is 11.8 Å².